The van der Waals surface area contributed by atoms with Gasteiger partial charge < -0.3 is 0 Å². The third-order valence-corrected chi connectivity index (χ3v) is 0. The van der Waals surface area contributed by atoms with Gasteiger partial charge in [0.15, 0.2) is 0 Å². The van der Waals surface area contributed by atoms with E-state index in [9.17, 15) is 0 Å². The molecule has 0 unspecified atom stereocenters. The maximum absolute atomic E-state index is 8.34. The van der Waals surface area contributed by atoms with Gasteiger partial charge in [-0.2, -0.15) is 0 Å². The van der Waals surface area contributed by atoms with Crippen LogP contribution in [0.25, 0.3) is 0 Å². The Morgan fingerprint density at radius 1 is 1.17 bits per heavy atom. The Morgan fingerprint density at radius 3 is 1.17 bits per heavy atom. The predicted molar refractivity (Wildman–Crippen MR) is 26.7 cm³/mol. The van der Waals surface area contributed by atoms with E-state index in [1.807, 2.05) is 0 Å². The minimum absolute atomic E-state index is 0.300. The Hall–Kier alpha value is 0.599. The predicted octanol–water partition coefficient (Wildman–Crippen LogP) is 1.12. The summed E-state index contributed by atoms with van der Waals surface area (Å²) in [6, 6.07) is 0. The zero-order chi connectivity index (χ0) is 5.58. The van der Waals surface area contributed by atoms with Gasteiger partial charge >= 0.3 is 25.6 Å². The van der Waals surface area contributed by atoms with Gasteiger partial charge in [-0.1, -0.05) is 20.8 Å². The van der Waals surface area contributed by atoms with E-state index in [1.165, 1.54) is 5.92 Å². The number of hydrogen-bond donors (Lipinski definition) is 0. The molecule has 0 heterocycles. The molecule has 0 aromatic heterocycles. The van der Waals surface area contributed by atoms with E-state index in [0.29, 0.717) is 22.5 Å². The molecule has 6 heavy (non-hydrogen) atoms. The van der Waals surface area contributed by atoms with Crippen molar-refractivity contribution < 1.29 is 3.08 Å². The fraction of sp³-hybridized carbons (Fsp3) is 0.750. The van der Waals surface area contributed by atoms with Crippen molar-refractivity contribution in [2.75, 3.05) is 0 Å². The van der Waals surface area contributed by atoms with Crippen LogP contribution in [-0.2, 0) is 3.08 Å². The molecule has 0 amide bonds. The summed E-state index contributed by atoms with van der Waals surface area (Å²) in [5, 5.41) is 0. The van der Waals surface area contributed by atoms with E-state index in [4.69, 9.17) is 3.08 Å². The molecule has 0 aromatic rings. The van der Waals surface area contributed by atoms with Crippen LogP contribution < -0.4 is 0 Å². The fourth-order valence-electron chi connectivity index (χ4n) is 0. The van der Waals surface area contributed by atoms with Gasteiger partial charge in [-0.15, -0.1) is 0 Å². The van der Waals surface area contributed by atoms with Crippen LogP contribution in [0.2, 0.25) is 0 Å². The first-order valence-corrected chi connectivity index (χ1v) is 2.87. The number of rotatable bonds is 0. The van der Waals surface area contributed by atoms with Crippen molar-refractivity contribution in [3.05, 3.63) is 5.92 Å². The SMILES string of the molecule is C[C](C)C.[O]=[Sn]. The summed E-state index contributed by atoms with van der Waals surface area (Å²) in [5.74, 6) is 1.42. The molecule has 0 rings (SSSR count). The standard InChI is InChI=1S/C4H9.O.Sn/c1-4(2)3;;/h1-3H3;;. The maximum atomic E-state index is 8.34. The van der Waals surface area contributed by atoms with E-state index in [1.54, 1.807) is 0 Å². The van der Waals surface area contributed by atoms with Gasteiger partial charge in [-0.3, -0.25) is 0 Å². The molecule has 35 valence electrons. The molecular weight excluding hydrogens is 183 g/mol. The molecule has 0 atom stereocenters. The van der Waals surface area contributed by atoms with Crippen molar-refractivity contribution in [1.29, 1.82) is 0 Å². The quantitative estimate of drug-likeness (QED) is 0.525. The van der Waals surface area contributed by atoms with Gasteiger partial charge in [0.1, 0.15) is 0 Å². The molecule has 2 heteroatoms. The van der Waals surface area contributed by atoms with Gasteiger partial charge in [-0.05, 0) is 5.92 Å². The zero-order valence-corrected chi connectivity index (χ0v) is 7.26. The first kappa shape index (κ1) is 9.78. The Labute approximate surface area is 52.6 Å². The molecule has 1 nitrogen and oxygen atoms in total. The molecule has 0 bridgehead atoms. The molecule has 0 aliphatic heterocycles. The van der Waals surface area contributed by atoms with E-state index < -0.39 is 0 Å². The summed E-state index contributed by atoms with van der Waals surface area (Å²) in [5.41, 5.74) is 0. The van der Waals surface area contributed by atoms with Gasteiger partial charge in [0, 0.05) is 0 Å². The molecule has 0 spiro atoms. The van der Waals surface area contributed by atoms with E-state index in [2.05, 4.69) is 20.8 Å². The summed E-state index contributed by atoms with van der Waals surface area (Å²) in [6.45, 7) is 6.25. The van der Waals surface area contributed by atoms with Gasteiger partial charge in [0.05, 0.1) is 0 Å². The molecule has 0 N–H and O–H groups in total. The first-order valence-electron chi connectivity index (χ1n) is 1.70. The van der Waals surface area contributed by atoms with Gasteiger partial charge in [0.25, 0.3) is 0 Å². The second-order valence-electron chi connectivity index (χ2n) is 1.50. The van der Waals surface area contributed by atoms with E-state index in [-0.39, 0.29) is 0 Å². The van der Waals surface area contributed by atoms with Crippen molar-refractivity contribution in [1.82, 2.24) is 0 Å². The average molecular weight is 192 g/mol. The third kappa shape index (κ3) is 166. The van der Waals surface area contributed by atoms with Crippen LogP contribution in [0.3, 0.4) is 0 Å². The van der Waals surface area contributed by atoms with Crippen LogP contribution in [0.1, 0.15) is 20.8 Å². The topological polar surface area (TPSA) is 17.1 Å². The molecule has 0 aliphatic rings. The molecule has 0 saturated carbocycles. The van der Waals surface area contributed by atoms with E-state index in [0.717, 1.165) is 0 Å². The fourth-order valence-corrected chi connectivity index (χ4v) is 0. The summed E-state index contributed by atoms with van der Waals surface area (Å²) in [4.78, 5) is 0. The molecule has 0 aromatic carbocycles. The Morgan fingerprint density at radius 2 is 1.17 bits per heavy atom. The summed E-state index contributed by atoms with van der Waals surface area (Å²) in [7, 11) is 0. The van der Waals surface area contributed by atoms with Crippen molar-refractivity contribution >= 4 is 22.5 Å². The van der Waals surface area contributed by atoms with Gasteiger partial charge in [-0.25, -0.2) is 0 Å². The first-order chi connectivity index (χ1) is 2.73. The van der Waals surface area contributed by atoms with Crippen molar-refractivity contribution in [2.24, 2.45) is 0 Å². The molecule has 0 saturated heterocycles. The molecule has 0 aliphatic carbocycles. The Bertz CT molecular complexity index is 18.8. The van der Waals surface area contributed by atoms with E-state index >= 15 is 0 Å². The molecular formula is C4H9OSn. The average Bonchev–Trinajstić information content (AvgIpc) is 1.41. The third-order valence-electron chi connectivity index (χ3n) is 0. The number of hydrogen-bond acceptors (Lipinski definition) is 1. The van der Waals surface area contributed by atoms with Crippen LogP contribution in [0, 0.1) is 5.92 Å². The van der Waals surface area contributed by atoms with Crippen molar-refractivity contribution in [3.8, 4) is 0 Å². The minimum atomic E-state index is 0.300. The second-order valence-corrected chi connectivity index (χ2v) is 1.50. The van der Waals surface area contributed by atoms with Crippen molar-refractivity contribution in [3.63, 3.8) is 0 Å². The van der Waals surface area contributed by atoms with Crippen molar-refractivity contribution in [2.45, 2.75) is 20.8 Å². The zero-order valence-electron chi connectivity index (χ0n) is 4.41. The van der Waals surface area contributed by atoms with Crippen LogP contribution in [0.4, 0.5) is 0 Å². The normalized spacial score (nSPS) is 6.67. The van der Waals surface area contributed by atoms with Crippen LogP contribution in [-0.4, -0.2) is 22.5 Å². The molecule has 0 fully saturated rings. The van der Waals surface area contributed by atoms with Crippen LogP contribution >= 0.6 is 0 Å². The summed E-state index contributed by atoms with van der Waals surface area (Å²) < 4.78 is 8.34. The van der Waals surface area contributed by atoms with Crippen LogP contribution in [0.5, 0.6) is 0 Å². The Balaban J connectivity index is 0. The Kier molecular flexibility index (Phi) is 14.9. The summed E-state index contributed by atoms with van der Waals surface area (Å²) in [6.07, 6.45) is 0. The van der Waals surface area contributed by atoms with Crippen LogP contribution in [0.15, 0.2) is 0 Å². The second kappa shape index (κ2) is 9.14. The molecule has 3 radical (unpaired) electrons. The van der Waals surface area contributed by atoms with Gasteiger partial charge in [0.2, 0.25) is 0 Å². The monoisotopic (exact) mass is 193 g/mol. The summed E-state index contributed by atoms with van der Waals surface area (Å²) >= 11 is 0.300.